The molecule has 1 aliphatic rings. The molecule has 1 aliphatic heterocycles. The molecule has 0 saturated carbocycles. The van der Waals surface area contributed by atoms with E-state index < -0.39 is 0 Å². The molecular formula is C19H22BrClN2O3S. The minimum atomic E-state index is -0.362. The zero-order valence-electron chi connectivity index (χ0n) is 15.2. The Morgan fingerprint density at radius 3 is 2.78 bits per heavy atom. The van der Waals surface area contributed by atoms with Gasteiger partial charge in [0.05, 0.1) is 12.2 Å². The van der Waals surface area contributed by atoms with Crippen molar-refractivity contribution in [3.05, 3.63) is 50.3 Å². The van der Waals surface area contributed by atoms with Crippen molar-refractivity contribution in [2.24, 2.45) is 0 Å². The number of carbonyl (C=O) groups is 2. The van der Waals surface area contributed by atoms with Crippen LogP contribution >= 0.6 is 39.7 Å². The molecule has 0 radical (unpaired) electrons. The van der Waals surface area contributed by atoms with Crippen molar-refractivity contribution in [3.63, 3.8) is 0 Å². The van der Waals surface area contributed by atoms with Crippen LogP contribution in [0.1, 0.15) is 45.0 Å². The average molecular weight is 474 g/mol. The van der Waals surface area contributed by atoms with Gasteiger partial charge in [0.15, 0.2) is 0 Å². The van der Waals surface area contributed by atoms with Gasteiger partial charge in [0.2, 0.25) is 0 Å². The highest BCUT2D eigenvalue weighted by Crippen LogP contribution is 2.38. The van der Waals surface area contributed by atoms with Gasteiger partial charge in [0.25, 0.3) is 5.91 Å². The second-order valence-electron chi connectivity index (χ2n) is 6.01. The average Bonchev–Trinajstić information content (AvgIpc) is 2.98. The normalized spacial score (nSPS) is 13.4. The third-order valence-electron chi connectivity index (χ3n) is 4.38. The summed E-state index contributed by atoms with van der Waals surface area (Å²) in [7, 11) is 0. The summed E-state index contributed by atoms with van der Waals surface area (Å²) in [5.74, 6) is -0.595. The van der Waals surface area contributed by atoms with Crippen molar-refractivity contribution in [3.8, 4) is 0 Å². The molecule has 2 heterocycles. The van der Waals surface area contributed by atoms with E-state index in [-0.39, 0.29) is 24.3 Å². The first kappa shape index (κ1) is 21.9. The van der Waals surface area contributed by atoms with E-state index in [1.807, 2.05) is 12.1 Å². The van der Waals surface area contributed by atoms with E-state index in [0.29, 0.717) is 22.7 Å². The van der Waals surface area contributed by atoms with E-state index in [0.717, 1.165) is 41.0 Å². The molecule has 1 N–H and O–H groups in total. The van der Waals surface area contributed by atoms with E-state index in [9.17, 15) is 9.59 Å². The molecule has 1 amide bonds. The van der Waals surface area contributed by atoms with Gasteiger partial charge in [-0.3, -0.25) is 9.69 Å². The molecule has 1 aromatic carbocycles. The Hall–Kier alpha value is -1.41. The van der Waals surface area contributed by atoms with Gasteiger partial charge in [-0.05, 0) is 43.7 Å². The number of thiophene rings is 1. The summed E-state index contributed by atoms with van der Waals surface area (Å²) in [6.07, 6.45) is 0.792. The standard InChI is InChI=1S/C19H21BrN2O3S.ClH/c1-3-22-9-8-14-15(11-22)26-18(16(14)19(24)25-4-2)21-17(23)12-6-5-7-13(20)10-12;/h5-7,10H,3-4,8-9,11H2,1-2H3,(H,21,23);1H. The van der Waals surface area contributed by atoms with Crippen LogP contribution in [0.5, 0.6) is 0 Å². The third kappa shape index (κ3) is 4.90. The van der Waals surface area contributed by atoms with E-state index in [1.165, 1.54) is 11.3 Å². The van der Waals surface area contributed by atoms with Crippen LogP contribution in [0, 0.1) is 0 Å². The number of fused-ring (bicyclic) bond motifs is 1. The van der Waals surface area contributed by atoms with Crippen LogP contribution in [0.25, 0.3) is 0 Å². The van der Waals surface area contributed by atoms with E-state index in [1.54, 1.807) is 19.1 Å². The molecule has 0 spiro atoms. The fourth-order valence-corrected chi connectivity index (χ4v) is 4.71. The monoisotopic (exact) mass is 472 g/mol. The van der Waals surface area contributed by atoms with Crippen LogP contribution in [0.4, 0.5) is 5.00 Å². The number of rotatable bonds is 5. The maximum atomic E-state index is 12.6. The first-order valence-corrected chi connectivity index (χ1v) is 10.2. The molecule has 2 aromatic rings. The van der Waals surface area contributed by atoms with Gasteiger partial charge < -0.3 is 10.1 Å². The summed E-state index contributed by atoms with van der Waals surface area (Å²) < 4.78 is 6.08. The molecule has 0 bridgehead atoms. The number of ether oxygens (including phenoxy) is 1. The van der Waals surface area contributed by atoms with Gasteiger partial charge in [0.1, 0.15) is 5.00 Å². The summed E-state index contributed by atoms with van der Waals surface area (Å²) in [4.78, 5) is 28.6. The summed E-state index contributed by atoms with van der Waals surface area (Å²) >= 11 is 4.85. The quantitative estimate of drug-likeness (QED) is 0.637. The van der Waals surface area contributed by atoms with Crippen molar-refractivity contribution in [1.29, 1.82) is 0 Å². The number of esters is 1. The molecule has 5 nitrogen and oxygen atoms in total. The van der Waals surface area contributed by atoms with Crippen molar-refractivity contribution < 1.29 is 14.3 Å². The first-order valence-electron chi connectivity index (χ1n) is 8.64. The zero-order chi connectivity index (χ0) is 18.7. The fourth-order valence-electron chi connectivity index (χ4n) is 3.04. The number of carbonyl (C=O) groups excluding carboxylic acids is 2. The number of benzene rings is 1. The van der Waals surface area contributed by atoms with Crippen LogP contribution in [0.2, 0.25) is 0 Å². The predicted octanol–water partition coefficient (Wildman–Crippen LogP) is 4.74. The lowest BCUT2D eigenvalue weighted by atomic mass is 10.0. The van der Waals surface area contributed by atoms with Gasteiger partial charge in [-0.1, -0.05) is 28.9 Å². The molecule has 1 aromatic heterocycles. The highest BCUT2D eigenvalue weighted by Gasteiger charge is 2.29. The molecule has 0 saturated heterocycles. The largest absolute Gasteiger partial charge is 0.462 e. The van der Waals surface area contributed by atoms with E-state index in [2.05, 4.69) is 33.1 Å². The highest BCUT2D eigenvalue weighted by atomic mass is 79.9. The fraction of sp³-hybridized carbons (Fsp3) is 0.368. The Balaban J connectivity index is 0.00000261. The summed E-state index contributed by atoms with van der Waals surface area (Å²) in [5.41, 5.74) is 2.07. The van der Waals surface area contributed by atoms with Crippen molar-refractivity contribution in [2.45, 2.75) is 26.8 Å². The highest BCUT2D eigenvalue weighted by molar-refractivity contribution is 9.10. The minimum Gasteiger partial charge on any atom is -0.462 e. The predicted molar refractivity (Wildman–Crippen MR) is 114 cm³/mol. The number of likely N-dealkylation sites (N-methyl/N-ethyl adjacent to an activating group) is 1. The second kappa shape index (κ2) is 9.68. The minimum absolute atomic E-state index is 0. The molecule has 8 heteroatoms. The smallest absolute Gasteiger partial charge is 0.341 e. The summed E-state index contributed by atoms with van der Waals surface area (Å²) in [6, 6.07) is 7.18. The SMILES string of the molecule is CCOC(=O)c1c(NC(=O)c2cccc(Br)c2)sc2c1CCN(CC)C2.Cl. The van der Waals surface area contributed by atoms with Gasteiger partial charge in [0, 0.05) is 28.0 Å². The number of halogens is 2. The molecule has 0 unspecified atom stereocenters. The van der Waals surface area contributed by atoms with Gasteiger partial charge in [-0.25, -0.2) is 4.79 Å². The Morgan fingerprint density at radius 2 is 2.11 bits per heavy atom. The third-order valence-corrected chi connectivity index (χ3v) is 6.00. The topological polar surface area (TPSA) is 58.6 Å². The Labute approximate surface area is 177 Å². The lowest BCUT2D eigenvalue weighted by molar-refractivity contribution is 0.0526. The molecule has 146 valence electrons. The Kier molecular flexibility index (Phi) is 7.85. The number of hydrogen-bond acceptors (Lipinski definition) is 5. The van der Waals surface area contributed by atoms with E-state index in [4.69, 9.17) is 4.74 Å². The van der Waals surface area contributed by atoms with Gasteiger partial charge in [-0.2, -0.15) is 0 Å². The van der Waals surface area contributed by atoms with Crippen LogP contribution in [-0.2, 0) is 17.7 Å². The van der Waals surface area contributed by atoms with Crippen LogP contribution < -0.4 is 5.32 Å². The molecule has 0 aliphatic carbocycles. The summed E-state index contributed by atoms with van der Waals surface area (Å²) in [5, 5.41) is 3.50. The molecule has 27 heavy (non-hydrogen) atoms. The Bertz CT molecular complexity index is 840. The van der Waals surface area contributed by atoms with E-state index >= 15 is 0 Å². The summed E-state index contributed by atoms with van der Waals surface area (Å²) in [6.45, 7) is 6.90. The van der Waals surface area contributed by atoms with Crippen LogP contribution in [0.15, 0.2) is 28.7 Å². The lowest BCUT2D eigenvalue weighted by Gasteiger charge is -2.25. The molecule has 3 rings (SSSR count). The zero-order valence-corrected chi connectivity index (χ0v) is 18.4. The number of nitrogens with zero attached hydrogens (tertiary/aromatic N) is 1. The van der Waals surface area contributed by atoms with Gasteiger partial charge >= 0.3 is 5.97 Å². The molecule has 0 atom stereocenters. The molecular weight excluding hydrogens is 452 g/mol. The second-order valence-corrected chi connectivity index (χ2v) is 8.03. The van der Waals surface area contributed by atoms with Crippen LogP contribution in [0.3, 0.4) is 0 Å². The van der Waals surface area contributed by atoms with Crippen molar-refractivity contribution in [2.75, 3.05) is 25.0 Å². The number of nitrogens with one attached hydrogen (secondary N) is 1. The number of hydrogen-bond donors (Lipinski definition) is 1. The maximum absolute atomic E-state index is 12.6. The first-order chi connectivity index (χ1) is 12.5. The molecule has 0 fully saturated rings. The van der Waals surface area contributed by atoms with Gasteiger partial charge in [-0.15, -0.1) is 23.7 Å². The maximum Gasteiger partial charge on any atom is 0.341 e. The van der Waals surface area contributed by atoms with Crippen molar-refractivity contribution >= 4 is 56.6 Å². The lowest BCUT2D eigenvalue weighted by Crippen LogP contribution is -2.30. The number of anilines is 1. The van der Waals surface area contributed by atoms with Crippen LogP contribution in [-0.4, -0.2) is 36.5 Å². The Morgan fingerprint density at radius 1 is 1.33 bits per heavy atom. The van der Waals surface area contributed by atoms with Crippen molar-refractivity contribution in [1.82, 2.24) is 4.90 Å². The number of amides is 1.